The van der Waals surface area contributed by atoms with E-state index < -0.39 is 0 Å². The lowest BCUT2D eigenvalue weighted by molar-refractivity contribution is 0.0401. The molecule has 0 aliphatic carbocycles. The topological polar surface area (TPSA) is 61.3 Å². The molecule has 0 spiro atoms. The molecule has 2 N–H and O–H groups in total. The second-order valence-corrected chi connectivity index (χ2v) is 4.70. The van der Waals surface area contributed by atoms with Gasteiger partial charge in [-0.3, -0.25) is 0 Å². The first kappa shape index (κ1) is 12.7. The molecule has 4 nitrogen and oxygen atoms in total. The number of aromatic nitrogens is 1. The maximum Gasteiger partial charge on any atom is 0.221 e. The predicted molar refractivity (Wildman–Crippen MR) is 78.1 cm³/mol. The minimum absolute atomic E-state index is 0.00344. The summed E-state index contributed by atoms with van der Waals surface area (Å²) in [6.45, 7) is 2.35. The van der Waals surface area contributed by atoms with Gasteiger partial charge in [-0.25, -0.2) is 4.98 Å². The SMILES string of the molecule is CC(OCc1nc2ccc(N)cc2o1)c1ccccc1. The molecule has 0 saturated carbocycles. The Kier molecular flexibility index (Phi) is 3.39. The van der Waals surface area contributed by atoms with E-state index in [0.29, 0.717) is 23.8 Å². The van der Waals surface area contributed by atoms with Crippen LogP contribution in [0.4, 0.5) is 5.69 Å². The molecule has 1 unspecified atom stereocenters. The van der Waals surface area contributed by atoms with E-state index in [0.717, 1.165) is 11.1 Å². The number of fused-ring (bicyclic) bond motifs is 1. The lowest BCUT2D eigenvalue weighted by Crippen LogP contribution is -2.00. The van der Waals surface area contributed by atoms with E-state index in [1.807, 2.05) is 49.4 Å². The Labute approximate surface area is 117 Å². The number of ether oxygens (including phenoxy) is 1. The van der Waals surface area contributed by atoms with E-state index in [1.54, 1.807) is 6.07 Å². The van der Waals surface area contributed by atoms with Gasteiger partial charge in [-0.05, 0) is 24.6 Å². The molecular weight excluding hydrogens is 252 g/mol. The van der Waals surface area contributed by atoms with Crippen LogP contribution in [-0.2, 0) is 11.3 Å². The minimum Gasteiger partial charge on any atom is -0.438 e. The van der Waals surface area contributed by atoms with Gasteiger partial charge in [0.05, 0.1) is 6.10 Å². The van der Waals surface area contributed by atoms with Crippen molar-refractivity contribution in [3.63, 3.8) is 0 Å². The second-order valence-electron chi connectivity index (χ2n) is 4.70. The maximum absolute atomic E-state index is 5.79. The molecule has 0 amide bonds. The molecule has 0 radical (unpaired) electrons. The number of hydrogen-bond donors (Lipinski definition) is 1. The summed E-state index contributed by atoms with van der Waals surface area (Å²) in [7, 11) is 0. The Bertz CT molecular complexity index is 707. The van der Waals surface area contributed by atoms with Gasteiger partial charge in [-0.2, -0.15) is 0 Å². The van der Waals surface area contributed by atoms with Gasteiger partial charge in [0.15, 0.2) is 5.58 Å². The molecule has 0 aliphatic rings. The highest BCUT2D eigenvalue weighted by molar-refractivity contribution is 5.76. The molecule has 3 rings (SSSR count). The standard InChI is InChI=1S/C16H16N2O2/c1-11(12-5-3-2-4-6-12)19-10-16-18-14-8-7-13(17)9-15(14)20-16/h2-9,11H,10,17H2,1H3. The molecule has 4 heteroatoms. The van der Waals surface area contributed by atoms with Crippen molar-refractivity contribution >= 4 is 16.8 Å². The van der Waals surface area contributed by atoms with Crippen molar-refractivity contribution in [3.05, 3.63) is 60.0 Å². The van der Waals surface area contributed by atoms with Crippen LogP contribution in [0.1, 0.15) is 24.5 Å². The largest absolute Gasteiger partial charge is 0.438 e. The number of rotatable bonds is 4. The number of benzene rings is 2. The normalized spacial score (nSPS) is 12.7. The zero-order valence-corrected chi connectivity index (χ0v) is 11.2. The van der Waals surface area contributed by atoms with Gasteiger partial charge in [0.25, 0.3) is 0 Å². The highest BCUT2D eigenvalue weighted by Crippen LogP contribution is 2.21. The lowest BCUT2D eigenvalue weighted by atomic mass is 10.1. The summed E-state index contributed by atoms with van der Waals surface area (Å²) in [4.78, 5) is 4.37. The lowest BCUT2D eigenvalue weighted by Gasteiger charge is -2.11. The summed E-state index contributed by atoms with van der Waals surface area (Å²) in [5.74, 6) is 0.563. The summed E-state index contributed by atoms with van der Waals surface area (Å²) in [6.07, 6.45) is -0.00344. The highest BCUT2D eigenvalue weighted by atomic mass is 16.5. The molecule has 0 bridgehead atoms. The van der Waals surface area contributed by atoms with Crippen LogP contribution in [0.5, 0.6) is 0 Å². The van der Waals surface area contributed by atoms with Crippen LogP contribution >= 0.6 is 0 Å². The van der Waals surface area contributed by atoms with Crippen molar-refractivity contribution in [1.82, 2.24) is 4.98 Å². The van der Waals surface area contributed by atoms with Crippen molar-refractivity contribution in [1.29, 1.82) is 0 Å². The number of anilines is 1. The highest BCUT2D eigenvalue weighted by Gasteiger charge is 2.09. The van der Waals surface area contributed by atoms with Crippen molar-refractivity contribution in [2.75, 3.05) is 5.73 Å². The fourth-order valence-corrected chi connectivity index (χ4v) is 2.07. The number of hydrogen-bond acceptors (Lipinski definition) is 4. The van der Waals surface area contributed by atoms with Crippen LogP contribution in [0, 0.1) is 0 Å². The minimum atomic E-state index is -0.00344. The summed E-state index contributed by atoms with van der Waals surface area (Å²) < 4.78 is 11.4. The van der Waals surface area contributed by atoms with E-state index in [4.69, 9.17) is 14.9 Å². The van der Waals surface area contributed by atoms with Crippen molar-refractivity contribution < 1.29 is 9.15 Å². The number of oxazole rings is 1. The Balaban J connectivity index is 1.71. The molecule has 0 saturated heterocycles. The summed E-state index contributed by atoms with van der Waals surface area (Å²) in [5.41, 5.74) is 9.00. The van der Waals surface area contributed by atoms with Crippen LogP contribution in [-0.4, -0.2) is 4.98 Å². The summed E-state index contributed by atoms with van der Waals surface area (Å²) in [5, 5.41) is 0. The molecule has 1 aromatic heterocycles. The molecule has 0 aliphatic heterocycles. The van der Waals surface area contributed by atoms with Crippen molar-refractivity contribution in [2.45, 2.75) is 19.6 Å². The second kappa shape index (κ2) is 5.35. The molecule has 20 heavy (non-hydrogen) atoms. The summed E-state index contributed by atoms with van der Waals surface area (Å²) in [6, 6.07) is 15.5. The molecule has 3 aromatic rings. The first-order valence-electron chi connectivity index (χ1n) is 6.54. The zero-order chi connectivity index (χ0) is 13.9. The average Bonchev–Trinajstić information content (AvgIpc) is 2.87. The van der Waals surface area contributed by atoms with Gasteiger partial charge in [0.2, 0.25) is 5.89 Å². The Morgan fingerprint density at radius 2 is 2.00 bits per heavy atom. The quantitative estimate of drug-likeness (QED) is 0.733. The van der Waals surface area contributed by atoms with Crippen molar-refractivity contribution in [3.8, 4) is 0 Å². The number of nitrogens with zero attached hydrogens (tertiary/aromatic N) is 1. The van der Waals surface area contributed by atoms with E-state index >= 15 is 0 Å². The van der Waals surface area contributed by atoms with Gasteiger partial charge < -0.3 is 14.9 Å². The first-order valence-corrected chi connectivity index (χ1v) is 6.54. The van der Waals surface area contributed by atoms with E-state index in [1.165, 1.54) is 0 Å². The van der Waals surface area contributed by atoms with E-state index in [9.17, 15) is 0 Å². The van der Waals surface area contributed by atoms with Crippen LogP contribution in [0.2, 0.25) is 0 Å². The molecular formula is C16H16N2O2. The van der Waals surface area contributed by atoms with E-state index in [2.05, 4.69) is 4.98 Å². The molecule has 0 fully saturated rings. The van der Waals surface area contributed by atoms with Gasteiger partial charge >= 0.3 is 0 Å². The number of nitrogen functional groups attached to an aromatic ring is 1. The Morgan fingerprint density at radius 1 is 1.20 bits per heavy atom. The van der Waals surface area contributed by atoms with E-state index in [-0.39, 0.29) is 6.10 Å². The smallest absolute Gasteiger partial charge is 0.221 e. The van der Waals surface area contributed by atoms with Crippen LogP contribution in [0.15, 0.2) is 52.9 Å². The third kappa shape index (κ3) is 2.65. The zero-order valence-electron chi connectivity index (χ0n) is 11.2. The van der Waals surface area contributed by atoms with Crippen molar-refractivity contribution in [2.24, 2.45) is 0 Å². The fraction of sp³-hybridized carbons (Fsp3) is 0.188. The van der Waals surface area contributed by atoms with Crippen LogP contribution in [0.3, 0.4) is 0 Å². The third-order valence-corrected chi connectivity index (χ3v) is 3.18. The summed E-state index contributed by atoms with van der Waals surface area (Å²) >= 11 is 0. The fourth-order valence-electron chi connectivity index (χ4n) is 2.07. The van der Waals surface area contributed by atoms with Gasteiger partial charge in [-0.15, -0.1) is 0 Å². The van der Waals surface area contributed by atoms with Crippen LogP contribution < -0.4 is 5.73 Å². The monoisotopic (exact) mass is 268 g/mol. The average molecular weight is 268 g/mol. The van der Waals surface area contributed by atoms with Gasteiger partial charge in [0, 0.05) is 11.8 Å². The Hall–Kier alpha value is -2.33. The maximum atomic E-state index is 5.79. The predicted octanol–water partition coefficient (Wildman–Crippen LogP) is 3.69. The molecule has 1 atom stereocenters. The van der Waals surface area contributed by atoms with Gasteiger partial charge in [0.1, 0.15) is 12.1 Å². The molecule has 1 heterocycles. The first-order chi connectivity index (χ1) is 9.72. The van der Waals surface area contributed by atoms with Crippen LogP contribution in [0.25, 0.3) is 11.1 Å². The van der Waals surface area contributed by atoms with Gasteiger partial charge in [-0.1, -0.05) is 30.3 Å². The third-order valence-electron chi connectivity index (χ3n) is 3.18. The number of nitrogens with two attached hydrogens (primary N) is 1. The molecule has 2 aromatic carbocycles. The molecule has 102 valence electrons. The Morgan fingerprint density at radius 3 is 2.80 bits per heavy atom.